The third-order valence-corrected chi connectivity index (χ3v) is 3.77. The zero-order valence-electron chi connectivity index (χ0n) is 9.31. The number of aryl methyl sites for hydroxylation is 1. The van der Waals surface area contributed by atoms with Gasteiger partial charge in [0.15, 0.2) is 0 Å². The van der Waals surface area contributed by atoms with Crippen molar-refractivity contribution in [3.63, 3.8) is 0 Å². The summed E-state index contributed by atoms with van der Waals surface area (Å²) in [5.41, 5.74) is 0. The second kappa shape index (κ2) is 4.60. The number of nitrogens with zero attached hydrogens (tertiary/aromatic N) is 2. The van der Waals surface area contributed by atoms with Gasteiger partial charge >= 0.3 is 0 Å². The number of aliphatic hydroxyl groups excluding tert-OH is 1. The molecule has 1 heterocycles. The lowest BCUT2D eigenvalue weighted by molar-refractivity contribution is 0.0275. The maximum atomic E-state index is 9.20. The van der Waals surface area contributed by atoms with E-state index in [1.165, 1.54) is 4.88 Å². The van der Waals surface area contributed by atoms with E-state index in [0.29, 0.717) is 5.92 Å². The number of hydrogen-bond acceptors (Lipinski definition) is 4. The zero-order valence-corrected chi connectivity index (χ0v) is 10.1. The van der Waals surface area contributed by atoms with Crippen molar-refractivity contribution in [2.45, 2.75) is 32.4 Å². The Balaban J connectivity index is 1.75. The molecule has 0 aromatic carbocycles. The van der Waals surface area contributed by atoms with Crippen molar-refractivity contribution < 1.29 is 5.11 Å². The first-order chi connectivity index (χ1) is 7.13. The Morgan fingerprint density at radius 2 is 2.33 bits per heavy atom. The maximum Gasteiger partial charge on any atom is 0.0897 e. The first-order valence-corrected chi connectivity index (χ1v) is 6.23. The molecule has 0 amide bonds. The van der Waals surface area contributed by atoms with Crippen LogP contribution in [0.4, 0.5) is 0 Å². The fourth-order valence-electron chi connectivity index (χ4n) is 2.10. The van der Waals surface area contributed by atoms with Gasteiger partial charge in [-0.2, -0.15) is 0 Å². The molecule has 0 aliphatic heterocycles. The van der Waals surface area contributed by atoms with Crippen LogP contribution in [0.25, 0.3) is 0 Å². The van der Waals surface area contributed by atoms with Crippen molar-refractivity contribution >= 4 is 11.3 Å². The summed E-state index contributed by atoms with van der Waals surface area (Å²) < 4.78 is 0. The van der Waals surface area contributed by atoms with E-state index in [1.54, 1.807) is 11.3 Å². The summed E-state index contributed by atoms with van der Waals surface area (Å²) in [5.74, 6) is 0.694. The molecule has 0 atom stereocenters. The normalized spacial score (nSPS) is 25.6. The van der Waals surface area contributed by atoms with E-state index in [0.717, 1.165) is 30.9 Å². The van der Waals surface area contributed by atoms with Crippen molar-refractivity contribution in [3.8, 4) is 0 Å². The van der Waals surface area contributed by atoms with Crippen LogP contribution in [-0.2, 0) is 6.54 Å². The van der Waals surface area contributed by atoms with Gasteiger partial charge in [0.05, 0.1) is 11.1 Å². The predicted molar refractivity (Wildman–Crippen MR) is 61.9 cm³/mol. The Morgan fingerprint density at radius 1 is 1.60 bits per heavy atom. The lowest BCUT2D eigenvalue weighted by atomic mass is 9.82. The van der Waals surface area contributed by atoms with Crippen LogP contribution in [0.3, 0.4) is 0 Å². The molecule has 1 aromatic heterocycles. The van der Waals surface area contributed by atoms with Crippen LogP contribution in [0, 0.1) is 12.8 Å². The van der Waals surface area contributed by atoms with Crippen molar-refractivity contribution in [3.05, 3.63) is 16.1 Å². The monoisotopic (exact) mass is 226 g/mol. The summed E-state index contributed by atoms with van der Waals surface area (Å²) in [4.78, 5) is 7.90. The number of thiazole rings is 1. The van der Waals surface area contributed by atoms with Gasteiger partial charge < -0.3 is 10.0 Å². The molecule has 1 aromatic rings. The molecule has 84 valence electrons. The van der Waals surface area contributed by atoms with E-state index in [4.69, 9.17) is 0 Å². The predicted octanol–water partition coefficient (Wildman–Crippen LogP) is 1.65. The van der Waals surface area contributed by atoms with E-state index >= 15 is 0 Å². The minimum atomic E-state index is -0.0333. The van der Waals surface area contributed by atoms with Crippen molar-refractivity contribution in [2.75, 3.05) is 13.6 Å². The van der Waals surface area contributed by atoms with Crippen LogP contribution in [0.5, 0.6) is 0 Å². The van der Waals surface area contributed by atoms with Crippen LogP contribution in [0.2, 0.25) is 0 Å². The van der Waals surface area contributed by atoms with Crippen LogP contribution in [0.1, 0.15) is 22.7 Å². The molecule has 0 unspecified atom stereocenters. The lowest BCUT2D eigenvalue weighted by Gasteiger charge is -2.34. The van der Waals surface area contributed by atoms with Gasteiger partial charge in [-0.1, -0.05) is 0 Å². The molecule has 0 saturated heterocycles. The summed E-state index contributed by atoms with van der Waals surface area (Å²) in [6.45, 7) is 4.11. The third-order valence-electron chi connectivity index (χ3n) is 2.88. The van der Waals surface area contributed by atoms with Gasteiger partial charge in [-0.3, -0.25) is 0 Å². The molecule has 0 spiro atoms. The largest absolute Gasteiger partial charge is 0.393 e. The van der Waals surface area contributed by atoms with Gasteiger partial charge in [0.2, 0.25) is 0 Å². The second-order valence-electron chi connectivity index (χ2n) is 4.53. The highest BCUT2D eigenvalue weighted by Gasteiger charge is 2.27. The fraction of sp³-hybridized carbons (Fsp3) is 0.727. The van der Waals surface area contributed by atoms with Crippen LogP contribution >= 0.6 is 11.3 Å². The Morgan fingerprint density at radius 3 is 2.87 bits per heavy atom. The quantitative estimate of drug-likeness (QED) is 0.848. The van der Waals surface area contributed by atoms with E-state index < -0.39 is 0 Å². The Kier molecular flexibility index (Phi) is 3.38. The summed E-state index contributed by atoms with van der Waals surface area (Å²) >= 11 is 1.77. The molecule has 2 rings (SSSR count). The van der Waals surface area contributed by atoms with E-state index in [-0.39, 0.29) is 6.10 Å². The van der Waals surface area contributed by atoms with Gasteiger partial charge in [0, 0.05) is 24.2 Å². The topological polar surface area (TPSA) is 36.4 Å². The Hall–Kier alpha value is -0.450. The molecular weight excluding hydrogens is 208 g/mol. The standard InChI is InChI=1S/C11H18N2OS/c1-8-12-5-11(15-8)7-13(2)6-9-3-10(14)4-9/h5,9-10,14H,3-4,6-7H2,1-2H3. The van der Waals surface area contributed by atoms with Gasteiger partial charge in [-0.25, -0.2) is 4.98 Å². The number of aliphatic hydroxyl groups is 1. The van der Waals surface area contributed by atoms with Gasteiger partial charge in [0.25, 0.3) is 0 Å². The minimum Gasteiger partial charge on any atom is -0.393 e. The molecule has 0 bridgehead atoms. The Labute approximate surface area is 94.8 Å². The summed E-state index contributed by atoms with van der Waals surface area (Å²) in [6.07, 6.45) is 3.89. The molecule has 1 aliphatic rings. The van der Waals surface area contributed by atoms with Crippen molar-refractivity contribution in [1.29, 1.82) is 0 Å². The summed E-state index contributed by atoms with van der Waals surface area (Å²) in [5, 5.41) is 10.3. The molecule has 3 nitrogen and oxygen atoms in total. The van der Waals surface area contributed by atoms with Crippen molar-refractivity contribution in [2.24, 2.45) is 5.92 Å². The summed E-state index contributed by atoms with van der Waals surface area (Å²) in [6, 6.07) is 0. The highest BCUT2D eigenvalue weighted by molar-refractivity contribution is 7.11. The average molecular weight is 226 g/mol. The third kappa shape index (κ3) is 3.00. The number of hydrogen-bond donors (Lipinski definition) is 1. The molecule has 0 radical (unpaired) electrons. The molecule has 1 fully saturated rings. The van der Waals surface area contributed by atoms with Crippen LogP contribution in [0.15, 0.2) is 6.20 Å². The van der Waals surface area contributed by atoms with E-state index in [2.05, 4.69) is 16.9 Å². The minimum absolute atomic E-state index is 0.0333. The average Bonchev–Trinajstić information content (AvgIpc) is 2.48. The highest BCUT2D eigenvalue weighted by Crippen LogP contribution is 2.28. The number of aromatic nitrogens is 1. The number of rotatable bonds is 4. The van der Waals surface area contributed by atoms with Crippen molar-refractivity contribution in [1.82, 2.24) is 9.88 Å². The van der Waals surface area contributed by atoms with Gasteiger partial charge in [-0.05, 0) is 32.7 Å². The maximum absolute atomic E-state index is 9.20. The SMILES string of the molecule is Cc1ncc(CN(C)CC2CC(O)C2)s1. The van der Waals surface area contributed by atoms with E-state index in [1.807, 2.05) is 13.1 Å². The lowest BCUT2D eigenvalue weighted by Crippen LogP contribution is -2.36. The zero-order chi connectivity index (χ0) is 10.8. The first kappa shape index (κ1) is 11.0. The highest BCUT2D eigenvalue weighted by atomic mass is 32.1. The molecule has 1 N–H and O–H groups in total. The smallest absolute Gasteiger partial charge is 0.0897 e. The molecule has 1 aliphatic carbocycles. The first-order valence-electron chi connectivity index (χ1n) is 5.41. The fourth-order valence-corrected chi connectivity index (χ4v) is 2.97. The van der Waals surface area contributed by atoms with Crippen LogP contribution < -0.4 is 0 Å². The Bertz CT molecular complexity index is 320. The summed E-state index contributed by atoms with van der Waals surface area (Å²) in [7, 11) is 2.14. The van der Waals surface area contributed by atoms with Crippen LogP contribution in [-0.4, -0.2) is 34.7 Å². The molecular formula is C11H18N2OS. The second-order valence-corrected chi connectivity index (χ2v) is 5.85. The van der Waals surface area contributed by atoms with E-state index in [9.17, 15) is 5.11 Å². The van der Waals surface area contributed by atoms with Gasteiger partial charge in [-0.15, -0.1) is 11.3 Å². The molecule has 15 heavy (non-hydrogen) atoms. The molecule has 1 saturated carbocycles. The molecule has 4 heteroatoms. The van der Waals surface area contributed by atoms with Gasteiger partial charge in [0.1, 0.15) is 0 Å².